The number of rotatable bonds is 3. The van der Waals surface area contributed by atoms with Gasteiger partial charge >= 0.3 is 37.1 Å². The molecule has 0 spiro atoms. The summed E-state index contributed by atoms with van der Waals surface area (Å²) in [6.45, 7) is 0. The summed E-state index contributed by atoms with van der Waals surface area (Å²) in [7, 11) is -4.25. The zero-order valence-corrected chi connectivity index (χ0v) is 17.4. The predicted octanol–water partition coefficient (Wildman–Crippen LogP) is 4.50. The maximum atomic E-state index is 13.5. The number of aromatic nitrogens is 9. The first kappa shape index (κ1) is 30.8. The second-order valence-corrected chi connectivity index (χ2v) is 6.94. The average Bonchev–Trinajstić information content (AvgIpc) is 3.42. The van der Waals surface area contributed by atoms with Gasteiger partial charge < -0.3 is 13.8 Å². The summed E-state index contributed by atoms with van der Waals surface area (Å²) < 4.78 is 235. The molecule has 0 saturated heterocycles. The molecule has 0 aliphatic rings. The van der Waals surface area contributed by atoms with Gasteiger partial charge in [0, 0.05) is 0 Å². The zero-order chi connectivity index (χ0) is 31.0. The van der Waals surface area contributed by atoms with E-state index in [0.717, 1.165) is 0 Å². The molecule has 0 aromatic carbocycles. The molecule has 0 aliphatic carbocycles. The quantitative estimate of drug-likeness (QED) is 0.316. The molecule has 0 atom stereocenters. The van der Waals surface area contributed by atoms with Crippen LogP contribution in [0, 0.1) is 0 Å². The second-order valence-electron chi connectivity index (χ2n) is 6.94. The summed E-state index contributed by atoms with van der Waals surface area (Å²) in [6.07, 6.45) is -37.0. The molecule has 223 valence electrons. The SMILES string of the molecule is FC(F)(F)c1nc(C(F)(F)F)n([B-](n2nc(C(F)(F)F)nc2C(F)(F)F)n2nc(C(F)(F)F)nc2C(F)(F)F)n1. The Morgan fingerprint density at radius 3 is 0.700 bits per heavy atom. The van der Waals surface area contributed by atoms with Crippen LogP contribution in [0.25, 0.3) is 0 Å². The number of hydrogen-bond acceptors (Lipinski definition) is 6. The normalized spacial score (nSPS) is 14.5. The fourth-order valence-electron chi connectivity index (χ4n) is 2.70. The number of halogens is 18. The third-order valence-corrected chi connectivity index (χ3v) is 4.07. The number of alkyl halides is 18. The average molecular weight is 623 g/mol. The molecule has 0 N–H and O–H groups in total. The molecule has 0 saturated carbocycles. The van der Waals surface area contributed by atoms with Crippen molar-refractivity contribution >= 4 is 7.12 Å². The Kier molecular flexibility index (Phi) is 6.82. The van der Waals surface area contributed by atoms with E-state index in [2.05, 4.69) is 15.3 Å². The molecule has 40 heavy (non-hydrogen) atoms. The van der Waals surface area contributed by atoms with Crippen LogP contribution in [0.4, 0.5) is 79.0 Å². The summed E-state index contributed by atoms with van der Waals surface area (Å²) in [5.74, 6) is -18.3. The van der Waals surface area contributed by atoms with E-state index in [1.807, 2.05) is 15.0 Å². The van der Waals surface area contributed by atoms with Crippen LogP contribution in [-0.4, -0.2) is 51.1 Å². The lowest BCUT2D eigenvalue weighted by molar-refractivity contribution is -0.151. The van der Waals surface area contributed by atoms with Crippen molar-refractivity contribution in [2.24, 2.45) is 0 Å². The second kappa shape index (κ2) is 8.86. The van der Waals surface area contributed by atoms with Crippen LogP contribution in [0.3, 0.4) is 0 Å². The van der Waals surface area contributed by atoms with Gasteiger partial charge in [0.1, 0.15) is 0 Å². The lowest BCUT2D eigenvalue weighted by Gasteiger charge is -2.33. The summed E-state index contributed by atoms with van der Waals surface area (Å²) in [4.78, 5) is 5.67. The molecule has 3 rings (SSSR count). The topological polar surface area (TPSA) is 92.1 Å². The summed E-state index contributed by atoms with van der Waals surface area (Å²) in [5.41, 5.74) is 0. The molecule has 3 aromatic rings. The van der Waals surface area contributed by atoms with Crippen LogP contribution in [0.2, 0.25) is 0 Å². The lowest BCUT2D eigenvalue weighted by Crippen LogP contribution is -2.49. The van der Waals surface area contributed by atoms with E-state index in [1.54, 1.807) is 0 Å². The van der Waals surface area contributed by atoms with E-state index >= 15 is 0 Å². The first-order chi connectivity index (χ1) is 17.6. The van der Waals surface area contributed by atoms with E-state index in [4.69, 9.17) is 0 Å². The molecular formula is C12BF18N9-. The molecule has 0 unspecified atom stereocenters. The first-order valence-electron chi connectivity index (χ1n) is 8.96. The van der Waals surface area contributed by atoms with Crippen molar-refractivity contribution in [1.29, 1.82) is 0 Å². The van der Waals surface area contributed by atoms with Gasteiger partial charge in [0.15, 0.2) is 17.5 Å². The third-order valence-electron chi connectivity index (χ3n) is 4.07. The molecule has 28 heteroatoms. The maximum absolute atomic E-state index is 13.5. The minimum Gasteiger partial charge on any atom is -0.398 e. The van der Waals surface area contributed by atoms with Crippen molar-refractivity contribution in [1.82, 2.24) is 44.0 Å². The molecule has 0 amide bonds. The van der Waals surface area contributed by atoms with E-state index in [9.17, 15) is 79.0 Å². The van der Waals surface area contributed by atoms with Crippen molar-refractivity contribution in [2.75, 3.05) is 0 Å². The van der Waals surface area contributed by atoms with Gasteiger partial charge in [-0.1, -0.05) is 0 Å². The molecule has 9 nitrogen and oxygen atoms in total. The van der Waals surface area contributed by atoms with E-state index < -0.39 is 92.9 Å². The Morgan fingerprint density at radius 2 is 0.550 bits per heavy atom. The van der Waals surface area contributed by atoms with Crippen LogP contribution < -0.4 is 0 Å². The molecule has 0 fully saturated rings. The van der Waals surface area contributed by atoms with E-state index in [0.29, 0.717) is 0 Å². The summed E-state index contributed by atoms with van der Waals surface area (Å²) in [5, 5.41) is 6.23. The van der Waals surface area contributed by atoms with Crippen LogP contribution in [0.5, 0.6) is 0 Å². The van der Waals surface area contributed by atoms with Crippen LogP contribution in [0.15, 0.2) is 0 Å². The highest BCUT2D eigenvalue weighted by Crippen LogP contribution is 2.38. The fraction of sp³-hybridized carbons (Fsp3) is 0.500. The molecular weight excluding hydrogens is 623 g/mol. The van der Waals surface area contributed by atoms with Gasteiger partial charge in [0.2, 0.25) is 0 Å². The smallest absolute Gasteiger partial charge is 0.398 e. The standard InChI is InChI=1S/C12BF18N9/c14-7(15,16)1-32-4(10(23,24)25)38(35-1)13(39-5(11(26,27)28)33-2(36-39)8(17,18)19)40-6(12(29,30)31)34-3(37-40)9(20,21)22/q-1. The molecule has 0 bridgehead atoms. The van der Waals surface area contributed by atoms with E-state index in [1.165, 1.54) is 0 Å². The number of nitrogens with zero attached hydrogens (tertiary/aromatic N) is 9. The minimum atomic E-state index is -6.30. The Hall–Kier alpha value is -3.78. The van der Waals surface area contributed by atoms with Crippen LogP contribution >= 0.6 is 0 Å². The van der Waals surface area contributed by atoms with Gasteiger partial charge in [-0.05, 0) is 0 Å². The Bertz CT molecular complexity index is 1210. The Morgan fingerprint density at radius 1 is 0.350 bits per heavy atom. The third kappa shape index (κ3) is 5.87. The molecule has 1 radical (unpaired) electrons. The van der Waals surface area contributed by atoms with Crippen molar-refractivity contribution in [2.45, 2.75) is 37.1 Å². The van der Waals surface area contributed by atoms with Gasteiger partial charge in [0.25, 0.3) is 24.6 Å². The van der Waals surface area contributed by atoms with Crippen molar-refractivity contribution in [3.8, 4) is 0 Å². The van der Waals surface area contributed by atoms with Crippen molar-refractivity contribution < 1.29 is 79.0 Å². The maximum Gasteiger partial charge on any atom is 0.453 e. The van der Waals surface area contributed by atoms with Gasteiger partial charge in [0.05, 0.1) is 0 Å². The highest BCUT2D eigenvalue weighted by molar-refractivity contribution is 6.53. The summed E-state index contributed by atoms with van der Waals surface area (Å²) in [6, 6.07) is 0. The largest absolute Gasteiger partial charge is 0.453 e. The minimum absolute atomic E-state index is 1.56. The lowest BCUT2D eigenvalue weighted by atomic mass is 9.93. The fourth-order valence-corrected chi connectivity index (χ4v) is 2.70. The Balaban J connectivity index is 2.60. The highest BCUT2D eigenvalue weighted by atomic mass is 19.4. The van der Waals surface area contributed by atoms with Crippen LogP contribution in [0.1, 0.15) is 34.9 Å². The molecule has 3 aromatic heterocycles. The monoisotopic (exact) mass is 623 g/mol. The number of hydrogen-bond donors (Lipinski definition) is 0. The molecule has 3 heterocycles. The predicted molar refractivity (Wildman–Crippen MR) is 82.0 cm³/mol. The van der Waals surface area contributed by atoms with Gasteiger partial charge in [-0.25, -0.2) is 15.0 Å². The first-order valence-corrected chi connectivity index (χ1v) is 8.96. The van der Waals surface area contributed by atoms with Crippen molar-refractivity contribution in [3.63, 3.8) is 0 Å². The van der Waals surface area contributed by atoms with Gasteiger partial charge in [-0.3, -0.25) is 0 Å². The van der Waals surface area contributed by atoms with Gasteiger partial charge in [-0.15, -0.1) is 0 Å². The zero-order valence-electron chi connectivity index (χ0n) is 17.4. The van der Waals surface area contributed by atoms with E-state index in [-0.39, 0.29) is 0 Å². The highest BCUT2D eigenvalue weighted by Gasteiger charge is 2.49. The van der Waals surface area contributed by atoms with Crippen LogP contribution in [-0.2, 0) is 37.1 Å². The summed E-state index contributed by atoms with van der Waals surface area (Å²) >= 11 is 0. The van der Waals surface area contributed by atoms with Gasteiger partial charge in [-0.2, -0.15) is 94.3 Å². The Labute approximate surface area is 203 Å². The molecule has 0 aliphatic heterocycles. The van der Waals surface area contributed by atoms with Crippen molar-refractivity contribution in [3.05, 3.63) is 34.9 Å².